The summed E-state index contributed by atoms with van der Waals surface area (Å²) in [7, 11) is 7.45. The predicted molar refractivity (Wildman–Crippen MR) is 157 cm³/mol. The van der Waals surface area contributed by atoms with Gasteiger partial charge in [-0.25, -0.2) is 5.84 Å². The summed E-state index contributed by atoms with van der Waals surface area (Å²) in [5.41, 5.74) is 15.0. The molecule has 0 aliphatic heterocycles. The van der Waals surface area contributed by atoms with Gasteiger partial charge in [-0.15, -0.1) is 0 Å². The van der Waals surface area contributed by atoms with E-state index in [1.54, 1.807) is 19.0 Å². The standard InChI is InChI=1S/C25H35N7O.2C2H6/c1-16(31(2)3)17-8-10-21-18(14-17)6-7-19-15-20(23(33)32(4)5)9-11-22(19)25(21,12-13-26)24(29-27)30-28;2*1-2/h8-11,14-15H,1,6-7,12-13,26-28H2,2-5H3,(H,29,30);2*1-2H3. The van der Waals surface area contributed by atoms with Gasteiger partial charge in [0.2, 0.25) is 0 Å². The van der Waals surface area contributed by atoms with Crippen LogP contribution in [-0.4, -0.2) is 56.3 Å². The quantitative estimate of drug-likeness (QED) is 0.205. The van der Waals surface area contributed by atoms with Crippen LogP contribution in [-0.2, 0) is 18.3 Å². The Morgan fingerprint density at radius 3 is 1.84 bits per heavy atom. The number of fused-ring (bicyclic) bond motifs is 2. The first kappa shape index (κ1) is 31.7. The first-order chi connectivity index (χ1) is 17.7. The molecule has 2 aromatic rings. The van der Waals surface area contributed by atoms with Crippen LogP contribution in [0.5, 0.6) is 0 Å². The van der Waals surface area contributed by atoms with E-state index in [-0.39, 0.29) is 5.91 Å². The molecule has 0 aromatic heterocycles. The second kappa shape index (κ2) is 14.4. The van der Waals surface area contributed by atoms with E-state index in [4.69, 9.17) is 17.4 Å². The Hall–Kier alpha value is -3.36. The van der Waals surface area contributed by atoms with Crippen LogP contribution in [0.25, 0.3) is 5.70 Å². The normalized spacial score (nSPS) is 15.9. The first-order valence-corrected chi connectivity index (χ1v) is 13.0. The van der Waals surface area contributed by atoms with E-state index in [0.717, 1.165) is 46.4 Å². The van der Waals surface area contributed by atoms with Crippen molar-refractivity contribution in [1.29, 1.82) is 0 Å². The summed E-state index contributed by atoms with van der Waals surface area (Å²) in [6, 6.07) is 12.2. The molecular formula is C29H47N7O. The molecule has 204 valence electrons. The monoisotopic (exact) mass is 509 g/mol. The summed E-state index contributed by atoms with van der Waals surface area (Å²) in [5.74, 6) is 12.2. The Labute approximate surface area is 223 Å². The molecule has 0 spiro atoms. The lowest BCUT2D eigenvalue weighted by atomic mass is 9.68. The molecule has 1 amide bonds. The summed E-state index contributed by atoms with van der Waals surface area (Å²) in [5, 5.41) is 4.06. The minimum atomic E-state index is -0.767. The molecule has 0 bridgehead atoms. The highest BCUT2D eigenvalue weighted by Gasteiger charge is 2.44. The molecule has 0 fully saturated rings. The average Bonchev–Trinajstić information content (AvgIpc) is 3.05. The molecule has 0 radical (unpaired) electrons. The minimum absolute atomic E-state index is 0.0433. The van der Waals surface area contributed by atoms with E-state index in [2.05, 4.69) is 35.3 Å². The Balaban J connectivity index is 0.00000163. The van der Waals surface area contributed by atoms with Gasteiger partial charge in [-0.05, 0) is 71.8 Å². The van der Waals surface area contributed by atoms with Gasteiger partial charge in [0, 0.05) is 39.5 Å². The number of hydrogen-bond donors (Lipinski definition) is 4. The molecule has 37 heavy (non-hydrogen) atoms. The Bertz CT molecular complexity index is 1020. The van der Waals surface area contributed by atoms with Gasteiger partial charge in [0.25, 0.3) is 5.91 Å². The molecule has 8 nitrogen and oxygen atoms in total. The number of carbonyl (C=O) groups is 1. The molecule has 1 aliphatic rings. The fraction of sp³-hybridized carbons (Fsp3) is 0.448. The highest BCUT2D eigenvalue weighted by atomic mass is 16.2. The van der Waals surface area contributed by atoms with Gasteiger partial charge in [-0.2, -0.15) is 5.10 Å². The van der Waals surface area contributed by atoms with Gasteiger partial charge in [0.05, 0.1) is 5.41 Å². The zero-order valence-corrected chi connectivity index (χ0v) is 24.0. The molecular weight excluding hydrogens is 462 g/mol. The van der Waals surface area contributed by atoms with Crippen LogP contribution >= 0.6 is 0 Å². The molecule has 3 rings (SSSR count). The van der Waals surface area contributed by atoms with E-state index in [0.29, 0.717) is 24.4 Å². The van der Waals surface area contributed by atoms with Crippen LogP contribution in [0.15, 0.2) is 48.1 Å². The maximum atomic E-state index is 12.7. The lowest BCUT2D eigenvalue weighted by Crippen LogP contribution is -2.50. The van der Waals surface area contributed by atoms with Gasteiger partial charge >= 0.3 is 0 Å². The van der Waals surface area contributed by atoms with Crippen LogP contribution in [0.3, 0.4) is 0 Å². The number of rotatable bonds is 6. The van der Waals surface area contributed by atoms with Crippen LogP contribution in [0.2, 0.25) is 0 Å². The maximum Gasteiger partial charge on any atom is 0.253 e. The average molecular weight is 510 g/mol. The molecule has 0 saturated heterocycles. The Kier molecular flexibility index (Phi) is 12.3. The van der Waals surface area contributed by atoms with Crippen molar-refractivity contribution in [2.45, 2.75) is 52.4 Å². The summed E-state index contributed by atoms with van der Waals surface area (Å²) >= 11 is 0. The third kappa shape index (κ3) is 6.32. The molecule has 1 unspecified atom stereocenters. The van der Waals surface area contributed by atoms with Crippen LogP contribution in [0.1, 0.15) is 72.3 Å². The van der Waals surface area contributed by atoms with Crippen molar-refractivity contribution in [1.82, 2.24) is 15.2 Å². The van der Waals surface area contributed by atoms with Gasteiger partial charge in [0.1, 0.15) is 0 Å². The fourth-order valence-corrected chi connectivity index (χ4v) is 4.81. The van der Waals surface area contributed by atoms with E-state index >= 15 is 0 Å². The van der Waals surface area contributed by atoms with Crippen LogP contribution in [0.4, 0.5) is 0 Å². The number of hydrazone groups is 1. The minimum Gasteiger partial charge on any atom is -0.378 e. The topological polar surface area (TPSA) is 126 Å². The number of amides is 1. The molecule has 1 aliphatic carbocycles. The number of nitrogens with zero attached hydrogens (tertiary/aromatic N) is 3. The maximum absolute atomic E-state index is 12.7. The lowest BCUT2D eigenvalue weighted by molar-refractivity contribution is 0.0827. The highest BCUT2D eigenvalue weighted by molar-refractivity contribution is 5.98. The number of carbonyl (C=O) groups excluding carboxylic acids is 1. The van der Waals surface area contributed by atoms with Crippen molar-refractivity contribution in [2.24, 2.45) is 22.5 Å². The van der Waals surface area contributed by atoms with Gasteiger partial charge in [-0.1, -0.05) is 52.5 Å². The van der Waals surface area contributed by atoms with Crippen molar-refractivity contribution in [3.63, 3.8) is 0 Å². The zero-order chi connectivity index (χ0) is 28.3. The second-order valence-corrected chi connectivity index (χ2v) is 8.85. The van der Waals surface area contributed by atoms with Crippen molar-refractivity contribution in [2.75, 3.05) is 34.7 Å². The second-order valence-electron chi connectivity index (χ2n) is 8.85. The lowest BCUT2D eigenvalue weighted by Gasteiger charge is -2.37. The molecule has 0 heterocycles. The molecule has 0 saturated carbocycles. The molecule has 7 N–H and O–H groups in total. The van der Waals surface area contributed by atoms with Crippen LogP contribution in [0, 0.1) is 0 Å². The molecule has 8 heteroatoms. The third-order valence-electron chi connectivity index (χ3n) is 6.51. The summed E-state index contributed by atoms with van der Waals surface area (Å²) in [4.78, 5) is 16.2. The smallest absolute Gasteiger partial charge is 0.253 e. The number of hydrazine groups is 1. The van der Waals surface area contributed by atoms with Gasteiger partial charge < -0.3 is 26.8 Å². The van der Waals surface area contributed by atoms with Crippen molar-refractivity contribution < 1.29 is 4.79 Å². The number of nitrogens with two attached hydrogens (primary N) is 3. The third-order valence-corrected chi connectivity index (χ3v) is 6.51. The Morgan fingerprint density at radius 2 is 1.43 bits per heavy atom. The van der Waals surface area contributed by atoms with Gasteiger partial charge in [0.15, 0.2) is 5.84 Å². The summed E-state index contributed by atoms with van der Waals surface area (Å²) in [6.07, 6.45) is 2.08. The number of benzene rings is 2. The SMILES string of the molecule is C=C(c1ccc2c(c1)CCc1cc(C(=O)N(C)C)ccc1C2(CCN)/C(=N/N)NN)N(C)C.CC.CC. The number of nitrogens with one attached hydrogen (secondary N) is 1. The van der Waals surface area contributed by atoms with Crippen LogP contribution < -0.4 is 22.8 Å². The summed E-state index contributed by atoms with van der Waals surface area (Å²) in [6.45, 7) is 12.6. The molecule has 2 aromatic carbocycles. The van der Waals surface area contributed by atoms with E-state index in [9.17, 15) is 4.79 Å². The predicted octanol–water partition coefficient (Wildman–Crippen LogP) is 3.44. The van der Waals surface area contributed by atoms with E-state index < -0.39 is 5.41 Å². The molecule has 1 atom stereocenters. The number of aryl methyl sites for hydroxylation is 2. The van der Waals surface area contributed by atoms with E-state index in [1.165, 1.54) is 0 Å². The van der Waals surface area contributed by atoms with Crippen molar-refractivity contribution in [3.8, 4) is 0 Å². The van der Waals surface area contributed by atoms with Crippen molar-refractivity contribution >= 4 is 17.4 Å². The van der Waals surface area contributed by atoms with Crippen molar-refractivity contribution in [3.05, 3.63) is 76.4 Å². The first-order valence-electron chi connectivity index (χ1n) is 13.0. The Morgan fingerprint density at radius 1 is 0.946 bits per heavy atom. The zero-order valence-electron chi connectivity index (χ0n) is 24.0. The largest absolute Gasteiger partial charge is 0.378 e. The van der Waals surface area contributed by atoms with Gasteiger partial charge in [-0.3, -0.25) is 4.79 Å². The number of hydrogen-bond acceptors (Lipinski definition) is 6. The van der Waals surface area contributed by atoms with E-state index in [1.807, 2.05) is 64.9 Å². The fourth-order valence-electron chi connectivity index (χ4n) is 4.81. The number of amidine groups is 1. The summed E-state index contributed by atoms with van der Waals surface area (Å²) < 4.78 is 0. The highest BCUT2D eigenvalue weighted by Crippen LogP contribution is 2.43.